The first-order valence-electron chi connectivity index (χ1n) is 12.7. The van der Waals surface area contributed by atoms with Crippen LogP contribution in [0.3, 0.4) is 0 Å². The third-order valence-electron chi connectivity index (χ3n) is 6.10. The van der Waals surface area contributed by atoms with Crippen molar-refractivity contribution in [3.63, 3.8) is 0 Å². The van der Waals surface area contributed by atoms with E-state index in [1.807, 2.05) is 6.07 Å². The molecule has 1 aromatic heterocycles. The van der Waals surface area contributed by atoms with Gasteiger partial charge in [-0.15, -0.1) is 0 Å². The zero-order valence-corrected chi connectivity index (χ0v) is 24.2. The Morgan fingerprint density at radius 1 is 0.786 bits per heavy atom. The van der Waals surface area contributed by atoms with Crippen LogP contribution in [-0.4, -0.2) is 38.5 Å². The maximum atomic E-state index is 13.5. The third-order valence-corrected chi connectivity index (χ3v) is 7.67. The number of para-hydroxylation sites is 2. The predicted molar refractivity (Wildman–Crippen MR) is 163 cm³/mol. The van der Waals surface area contributed by atoms with Crippen molar-refractivity contribution in [2.75, 3.05) is 29.6 Å². The average Bonchev–Trinajstić information content (AvgIpc) is 2.97. The molecule has 0 spiro atoms. The van der Waals surface area contributed by atoms with Crippen molar-refractivity contribution in [3.05, 3.63) is 102 Å². The van der Waals surface area contributed by atoms with Crippen LogP contribution in [0.1, 0.15) is 5.56 Å². The monoisotopic (exact) mass is 603 g/mol. The standard InChI is InChI=1S/C30H26ClN5O5S/c1-40-23-15-22(16-24(18-23)41-2)33-29-30(35-27-12-4-3-11-26(27)34-29)36-42(38,39)25-10-6-9-21(17-25)32-28(37)14-19-7-5-8-20(31)13-19/h3-13,15-18H,14H2,1-2H3,(H,32,37)(H,33,34)(H,35,36). The summed E-state index contributed by atoms with van der Waals surface area (Å²) in [5, 5.41) is 6.39. The zero-order chi connectivity index (χ0) is 29.7. The Balaban J connectivity index is 1.43. The summed E-state index contributed by atoms with van der Waals surface area (Å²) in [6.45, 7) is 0. The van der Waals surface area contributed by atoms with Crippen LogP contribution in [0.25, 0.3) is 11.0 Å². The lowest BCUT2D eigenvalue weighted by Gasteiger charge is -2.15. The SMILES string of the molecule is COc1cc(Nc2nc3ccccc3nc2NS(=O)(=O)c2cccc(NC(=O)Cc3cccc(Cl)c3)c2)cc(OC)c1. The van der Waals surface area contributed by atoms with E-state index < -0.39 is 10.0 Å². The minimum Gasteiger partial charge on any atom is -0.497 e. The number of methoxy groups -OCH3 is 2. The molecule has 0 unspecified atom stereocenters. The fourth-order valence-electron chi connectivity index (χ4n) is 4.14. The number of rotatable bonds is 10. The molecule has 5 rings (SSSR count). The Kier molecular flexibility index (Phi) is 8.41. The number of amides is 1. The number of ether oxygens (including phenoxy) is 2. The molecular weight excluding hydrogens is 578 g/mol. The number of hydrogen-bond donors (Lipinski definition) is 3. The fourth-order valence-corrected chi connectivity index (χ4v) is 5.41. The van der Waals surface area contributed by atoms with E-state index >= 15 is 0 Å². The third kappa shape index (κ3) is 6.88. The van der Waals surface area contributed by atoms with E-state index in [2.05, 4.69) is 25.3 Å². The number of anilines is 4. The summed E-state index contributed by atoms with van der Waals surface area (Å²) in [5.41, 5.74) is 2.64. The number of sulfonamides is 1. The fraction of sp³-hybridized carbons (Fsp3) is 0.100. The van der Waals surface area contributed by atoms with Crippen molar-refractivity contribution in [3.8, 4) is 11.5 Å². The van der Waals surface area contributed by atoms with Crippen molar-refractivity contribution in [1.82, 2.24) is 9.97 Å². The van der Waals surface area contributed by atoms with Gasteiger partial charge < -0.3 is 20.1 Å². The van der Waals surface area contributed by atoms with Gasteiger partial charge in [-0.05, 0) is 48.0 Å². The molecule has 0 saturated heterocycles. The molecule has 0 fully saturated rings. The quantitative estimate of drug-likeness (QED) is 0.176. The van der Waals surface area contributed by atoms with Crippen LogP contribution in [0.2, 0.25) is 5.02 Å². The Hall–Kier alpha value is -4.87. The summed E-state index contributed by atoms with van der Waals surface area (Å²) in [7, 11) is -1.10. The largest absolute Gasteiger partial charge is 0.497 e. The molecule has 1 amide bonds. The van der Waals surface area contributed by atoms with E-state index in [0.29, 0.717) is 38.9 Å². The number of nitrogens with zero attached hydrogens (tertiary/aromatic N) is 2. The van der Waals surface area contributed by atoms with Gasteiger partial charge in [0, 0.05) is 34.6 Å². The molecule has 0 atom stereocenters. The molecule has 1 heterocycles. The van der Waals surface area contributed by atoms with Gasteiger partial charge in [0.1, 0.15) is 11.5 Å². The number of fused-ring (bicyclic) bond motifs is 1. The Morgan fingerprint density at radius 3 is 2.12 bits per heavy atom. The van der Waals surface area contributed by atoms with Gasteiger partial charge in [-0.3, -0.25) is 9.52 Å². The average molecular weight is 604 g/mol. The topological polar surface area (TPSA) is 132 Å². The van der Waals surface area contributed by atoms with Crippen LogP contribution in [0.15, 0.2) is 95.9 Å². The van der Waals surface area contributed by atoms with Gasteiger partial charge >= 0.3 is 0 Å². The number of carbonyl (C=O) groups is 1. The normalized spacial score (nSPS) is 11.1. The van der Waals surface area contributed by atoms with Crippen LogP contribution in [0.4, 0.5) is 23.0 Å². The Morgan fingerprint density at radius 2 is 1.45 bits per heavy atom. The minimum atomic E-state index is -4.16. The zero-order valence-electron chi connectivity index (χ0n) is 22.6. The number of halogens is 1. The van der Waals surface area contributed by atoms with E-state index in [0.717, 1.165) is 5.56 Å². The Labute approximate surface area is 247 Å². The highest BCUT2D eigenvalue weighted by molar-refractivity contribution is 7.92. The summed E-state index contributed by atoms with van der Waals surface area (Å²) >= 11 is 6.01. The number of benzene rings is 4. The van der Waals surface area contributed by atoms with E-state index in [4.69, 9.17) is 21.1 Å². The lowest BCUT2D eigenvalue weighted by molar-refractivity contribution is -0.115. The molecule has 3 N–H and O–H groups in total. The molecule has 0 bridgehead atoms. The van der Waals surface area contributed by atoms with Crippen molar-refractivity contribution in [1.29, 1.82) is 0 Å². The van der Waals surface area contributed by atoms with Crippen molar-refractivity contribution in [2.45, 2.75) is 11.3 Å². The van der Waals surface area contributed by atoms with E-state index in [-0.39, 0.29) is 28.9 Å². The maximum Gasteiger partial charge on any atom is 0.263 e. The summed E-state index contributed by atoms with van der Waals surface area (Å²) in [6.07, 6.45) is 0.0759. The van der Waals surface area contributed by atoms with Crippen LogP contribution >= 0.6 is 11.6 Å². The molecule has 5 aromatic rings. The molecule has 4 aromatic carbocycles. The second-order valence-corrected chi connectivity index (χ2v) is 11.2. The molecule has 0 aliphatic heterocycles. The smallest absolute Gasteiger partial charge is 0.263 e. The first-order valence-corrected chi connectivity index (χ1v) is 14.5. The van der Waals surface area contributed by atoms with Crippen LogP contribution in [0, 0.1) is 0 Å². The molecule has 0 aliphatic rings. The summed E-state index contributed by atoms with van der Waals surface area (Å²) in [4.78, 5) is 21.7. The van der Waals surface area contributed by atoms with Gasteiger partial charge in [-0.1, -0.05) is 41.9 Å². The minimum absolute atomic E-state index is 0.0223. The molecule has 0 aliphatic carbocycles. The van der Waals surface area contributed by atoms with Crippen LogP contribution in [0.5, 0.6) is 11.5 Å². The first-order chi connectivity index (χ1) is 20.2. The highest BCUT2D eigenvalue weighted by Gasteiger charge is 2.20. The number of aromatic nitrogens is 2. The molecule has 214 valence electrons. The van der Waals surface area contributed by atoms with E-state index in [1.54, 1.807) is 66.7 Å². The molecule has 10 nitrogen and oxygen atoms in total. The van der Waals surface area contributed by atoms with Crippen molar-refractivity contribution < 1.29 is 22.7 Å². The van der Waals surface area contributed by atoms with Crippen molar-refractivity contribution >= 4 is 61.6 Å². The van der Waals surface area contributed by atoms with E-state index in [1.165, 1.54) is 32.4 Å². The molecular formula is C30H26ClN5O5S. The highest BCUT2D eigenvalue weighted by Crippen LogP contribution is 2.31. The lowest BCUT2D eigenvalue weighted by Crippen LogP contribution is -2.17. The molecule has 12 heteroatoms. The molecule has 0 radical (unpaired) electrons. The number of carbonyl (C=O) groups excluding carboxylic acids is 1. The van der Waals surface area contributed by atoms with Crippen LogP contribution < -0.4 is 24.8 Å². The maximum absolute atomic E-state index is 13.5. The lowest BCUT2D eigenvalue weighted by atomic mass is 10.1. The molecule has 42 heavy (non-hydrogen) atoms. The summed E-state index contributed by atoms with van der Waals surface area (Å²) in [5.74, 6) is 0.883. The second kappa shape index (κ2) is 12.3. The number of nitrogens with one attached hydrogen (secondary N) is 3. The second-order valence-electron chi connectivity index (χ2n) is 9.12. The van der Waals surface area contributed by atoms with Gasteiger partial charge in [0.2, 0.25) is 5.91 Å². The number of hydrogen-bond acceptors (Lipinski definition) is 8. The summed E-state index contributed by atoms with van der Waals surface area (Å²) < 4.78 is 40.3. The molecule has 0 saturated carbocycles. The first kappa shape index (κ1) is 28.7. The van der Waals surface area contributed by atoms with Gasteiger partial charge in [-0.2, -0.15) is 0 Å². The van der Waals surface area contributed by atoms with Gasteiger partial charge in [0.05, 0.1) is 36.6 Å². The highest BCUT2D eigenvalue weighted by atomic mass is 35.5. The Bertz CT molecular complexity index is 1860. The van der Waals surface area contributed by atoms with Crippen molar-refractivity contribution in [2.24, 2.45) is 0 Å². The van der Waals surface area contributed by atoms with Gasteiger partial charge in [0.15, 0.2) is 11.6 Å². The van der Waals surface area contributed by atoms with Gasteiger partial charge in [0.25, 0.3) is 10.0 Å². The van der Waals surface area contributed by atoms with Crippen LogP contribution in [-0.2, 0) is 21.2 Å². The van der Waals surface area contributed by atoms with Gasteiger partial charge in [-0.25, -0.2) is 18.4 Å². The summed E-state index contributed by atoms with van der Waals surface area (Å²) in [6, 6.07) is 25.1. The predicted octanol–water partition coefficient (Wildman–Crippen LogP) is 6.03. The van der Waals surface area contributed by atoms with E-state index in [9.17, 15) is 13.2 Å².